The zero-order valence-electron chi connectivity index (χ0n) is 20.4. The lowest BCUT2D eigenvalue weighted by Crippen LogP contribution is -2.52. The smallest absolute Gasteiger partial charge is 0.243 e. The van der Waals surface area contributed by atoms with Crippen LogP contribution in [0.2, 0.25) is 0 Å². The zero-order valence-corrected chi connectivity index (χ0v) is 21.2. The monoisotopic (exact) mass is 485 g/mol. The highest BCUT2D eigenvalue weighted by molar-refractivity contribution is 7.89. The van der Waals surface area contributed by atoms with E-state index in [1.165, 1.54) is 4.31 Å². The van der Waals surface area contributed by atoms with Crippen LogP contribution in [-0.2, 0) is 26.2 Å². The van der Waals surface area contributed by atoms with Gasteiger partial charge in [0.25, 0.3) is 0 Å². The maximum atomic E-state index is 12.9. The van der Waals surface area contributed by atoms with E-state index in [2.05, 4.69) is 10.6 Å². The number of rotatable bonds is 8. The molecule has 1 unspecified atom stereocenters. The molecule has 34 heavy (non-hydrogen) atoms. The second kappa shape index (κ2) is 11.1. The molecule has 8 heteroatoms. The largest absolute Gasteiger partial charge is 0.350 e. The summed E-state index contributed by atoms with van der Waals surface area (Å²) in [5.74, 6) is -0.820. The van der Waals surface area contributed by atoms with Crippen molar-refractivity contribution in [3.05, 3.63) is 65.2 Å². The minimum absolute atomic E-state index is 0.0797. The Bertz CT molecular complexity index is 1090. The summed E-state index contributed by atoms with van der Waals surface area (Å²) >= 11 is 0. The van der Waals surface area contributed by atoms with Crippen LogP contribution in [0.1, 0.15) is 43.4 Å². The molecule has 0 aromatic heterocycles. The van der Waals surface area contributed by atoms with E-state index in [1.54, 1.807) is 24.3 Å². The highest BCUT2D eigenvalue weighted by Crippen LogP contribution is 2.24. The van der Waals surface area contributed by atoms with Crippen molar-refractivity contribution in [1.82, 2.24) is 14.9 Å². The van der Waals surface area contributed by atoms with Gasteiger partial charge in [-0.1, -0.05) is 61.4 Å². The minimum Gasteiger partial charge on any atom is -0.350 e. The van der Waals surface area contributed by atoms with Gasteiger partial charge in [-0.25, -0.2) is 8.42 Å². The molecule has 1 heterocycles. The van der Waals surface area contributed by atoms with Gasteiger partial charge in [-0.2, -0.15) is 4.31 Å². The van der Waals surface area contributed by atoms with E-state index in [0.717, 1.165) is 16.7 Å². The normalized spacial score (nSPS) is 16.3. The lowest BCUT2D eigenvalue weighted by molar-refractivity contribution is -0.132. The predicted octanol–water partition coefficient (Wildman–Crippen LogP) is 3.16. The van der Waals surface area contributed by atoms with Gasteiger partial charge in [-0.3, -0.25) is 9.59 Å². The van der Waals surface area contributed by atoms with Crippen LogP contribution in [0.3, 0.4) is 0 Å². The first-order valence-electron chi connectivity index (χ1n) is 11.8. The number of carbonyl (C=O) groups excluding carboxylic acids is 2. The first-order valence-corrected chi connectivity index (χ1v) is 13.2. The summed E-state index contributed by atoms with van der Waals surface area (Å²) < 4.78 is 27.3. The Morgan fingerprint density at radius 2 is 1.47 bits per heavy atom. The van der Waals surface area contributed by atoms with Gasteiger partial charge in [0.2, 0.25) is 21.8 Å². The standard InChI is InChI=1S/C26H35N3O4S/c1-18(2)24(26(31)27-17-21-9-5-19(3)6-10-21)28-25(30)22-13-15-29(16-14-22)34(32,33)23-11-7-20(4)8-12-23/h5-12,18,22,24H,13-17H2,1-4H3,(H,27,31)(H,28,30). The van der Waals surface area contributed by atoms with Crippen LogP contribution >= 0.6 is 0 Å². The van der Waals surface area contributed by atoms with Crippen LogP contribution in [0.4, 0.5) is 0 Å². The summed E-state index contributed by atoms with van der Waals surface area (Å²) in [6.45, 7) is 8.66. The van der Waals surface area contributed by atoms with Gasteiger partial charge in [-0.15, -0.1) is 0 Å². The van der Waals surface area contributed by atoms with Crippen molar-refractivity contribution in [3.8, 4) is 0 Å². The fourth-order valence-corrected chi connectivity index (χ4v) is 5.50. The number of hydrogen-bond acceptors (Lipinski definition) is 4. The van der Waals surface area contributed by atoms with Crippen LogP contribution in [0, 0.1) is 25.7 Å². The summed E-state index contributed by atoms with van der Waals surface area (Å²) in [5.41, 5.74) is 3.15. The van der Waals surface area contributed by atoms with E-state index < -0.39 is 16.1 Å². The Labute approximate surface area is 203 Å². The van der Waals surface area contributed by atoms with E-state index in [1.807, 2.05) is 52.0 Å². The maximum absolute atomic E-state index is 12.9. The molecule has 0 spiro atoms. The molecule has 2 aromatic carbocycles. The Hall–Kier alpha value is -2.71. The van der Waals surface area contributed by atoms with Gasteiger partial charge in [0.15, 0.2) is 0 Å². The van der Waals surface area contributed by atoms with Crippen molar-refractivity contribution in [2.75, 3.05) is 13.1 Å². The van der Waals surface area contributed by atoms with Gasteiger partial charge in [0.05, 0.1) is 4.90 Å². The van der Waals surface area contributed by atoms with Gasteiger partial charge in [-0.05, 0) is 50.3 Å². The number of aryl methyl sites for hydroxylation is 2. The molecule has 0 radical (unpaired) electrons. The van der Waals surface area contributed by atoms with E-state index in [0.29, 0.717) is 19.4 Å². The van der Waals surface area contributed by atoms with Crippen LogP contribution in [0.15, 0.2) is 53.4 Å². The molecule has 1 aliphatic heterocycles. The third kappa shape index (κ3) is 6.45. The molecule has 1 atom stereocenters. The molecule has 0 saturated carbocycles. The van der Waals surface area contributed by atoms with Crippen molar-refractivity contribution in [3.63, 3.8) is 0 Å². The number of carbonyl (C=O) groups is 2. The first-order chi connectivity index (χ1) is 16.1. The van der Waals surface area contributed by atoms with E-state index >= 15 is 0 Å². The molecule has 2 N–H and O–H groups in total. The SMILES string of the molecule is Cc1ccc(CNC(=O)C(NC(=O)C2CCN(S(=O)(=O)c3ccc(C)cc3)CC2)C(C)C)cc1. The van der Waals surface area contributed by atoms with Crippen LogP contribution in [0.5, 0.6) is 0 Å². The van der Waals surface area contributed by atoms with Crippen molar-refractivity contribution < 1.29 is 18.0 Å². The van der Waals surface area contributed by atoms with E-state index in [9.17, 15) is 18.0 Å². The Kier molecular flexibility index (Phi) is 8.49. The average molecular weight is 486 g/mol. The van der Waals surface area contributed by atoms with Crippen molar-refractivity contribution >= 4 is 21.8 Å². The Morgan fingerprint density at radius 1 is 0.941 bits per heavy atom. The predicted molar refractivity (Wildman–Crippen MR) is 132 cm³/mol. The quantitative estimate of drug-likeness (QED) is 0.600. The molecule has 1 saturated heterocycles. The third-order valence-electron chi connectivity index (χ3n) is 6.32. The van der Waals surface area contributed by atoms with Crippen LogP contribution in [-0.4, -0.2) is 43.7 Å². The van der Waals surface area contributed by atoms with Gasteiger partial charge in [0.1, 0.15) is 6.04 Å². The summed E-state index contributed by atoms with van der Waals surface area (Å²) in [6, 6.07) is 14.1. The van der Waals surface area contributed by atoms with Crippen LogP contribution < -0.4 is 10.6 Å². The van der Waals surface area contributed by atoms with E-state index in [4.69, 9.17) is 0 Å². The zero-order chi connectivity index (χ0) is 24.9. The topological polar surface area (TPSA) is 95.6 Å². The van der Waals surface area contributed by atoms with Gasteiger partial charge < -0.3 is 10.6 Å². The summed E-state index contributed by atoms with van der Waals surface area (Å²) in [6.07, 6.45) is 0.847. The molecule has 2 amide bonds. The second-order valence-corrected chi connectivity index (χ2v) is 11.4. The minimum atomic E-state index is -3.58. The van der Waals surface area contributed by atoms with Gasteiger partial charge >= 0.3 is 0 Å². The van der Waals surface area contributed by atoms with Crippen molar-refractivity contribution in [1.29, 1.82) is 0 Å². The molecule has 3 rings (SSSR count). The number of benzene rings is 2. The Morgan fingerprint density at radius 3 is 2.00 bits per heavy atom. The molecule has 184 valence electrons. The van der Waals surface area contributed by atoms with Gasteiger partial charge in [0, 0.05) is 25.6 Å². The molecule has 1 fully saturated rings. The first kappa shape index (κ1) is 25.9. The molecule has 0 bridgehead atoms. The highest BCUT2D eigenvalue weighted by Gasteiger charge is 2.34. The third-order valence-corrected chi connectivity index (χ3v) is 8.23. The fourth-order valence-electron chi connectivity index (χ4n) is 4.03. The summed E-state index contributed by atoms with van der Waals surface area (Å²) in [4.78, 5) is 26.0. The number of nitrogens with zero attached hydrogens (tertiary/aromatic N) is 1. The number of piperidine rings is 1. The fraction of sp³-hybridized carbons (Fsp3) is 0.462. The molecule has 1 aliphatic rings. The number of hydrogen-bond donors (Lipinski definition) is 2. The number of sulfonamides is 1. The van der Waals surface area contributed by atoms with E-state index in [-0.39, 0.29) is 41.6 Å². The molecule has 0 aliphatic carbocycles. The Balaban J connectivity index is 1.55. The van der Waals surface area contributed by atoms with Crippen molar-refractivity contribution in [2.45, 2.75) is 58.0 Å². The second-order valence-electron chi connectivity index (χ2n) is 9.43. The molecular weight excluding hydrogens is 450 g/mol. The highest BCUT2D eigenvalue weighted by atomic mass is 32.2. The van der Waals surface area contributed by atoms with Crippen molar-refractivity contribution in [2.24, 2.45) is 11.8 Å². The summed E-state index contributed by atoms with van der Waals surface area (Å²) in [7, 11) is -3.58. The maximum Gasteiger partial charge on any atom is 0.243 e. The number of nitrogens with one attached hydrogen (secondary N) is 2. The molecular formula is C26H35N3O4S. The lowest BCUT2D eigenvalue weighted by Gasteiger charge is -2.32. The molecule has 7 nitrogen and oxygen atoms in total. The summed E-state index contributed by atoms with van der Waals surface area (Å²) in [5, 5.41) is 5.82. The average Bonchev–Trinajstić information content (AvgIpc) is 2.82. The van der Waals surface area contributed by atoms with Crippen LogP contribution in [0.25, 0.3) is 0 Å². The lowest BCUT2D eigenvalue weighted by atomic mass is 9.95. The number of amides is 2. The molecule has 2 aromatic rings.